The van der Waals surface area contributed by atoms with E-state index in [1.54, 1.807) is 17.3 Å². The predicted octanol–water partition coefficient (Wildman–Crippen LogP) is 1.37. The molecular formula is C21H33N5O5S. The highest BCUT2D eigenvalue weighted by atomic mass is 32.2. The van der Waals surface area contributed by atoms with Crippen molar-refractivity contribution in [2.75, 3.05) is 27.8 Å². The van der Waals surface area contributed by atoms with Crippen LogP contribution in [-0.2, 0) is 19.7 Å². The van der Waals surface area contributed by atoms with Crippen LogP contribution in [-0.4, -0.2) is 85.7 Å². The molecule has 1 amide bonds. The zero-order valence-corrected chi connectivity index (χ0v) is 19.9. The van der Waals surface area contributed by atoms with Crippen LogP contribution in [0.2, 0.25) is 0 Å². The molecule has 5 rings (SSSR count). The van der Waals surface area contributed by atoms with Gasteiger partial charge in [-0.25, -0.2) is 14.8 Å². The monoisotopic (exact) mass is 467 g/mol. The van der Waals surface area contributed by atoms with Crippen LogP contribution in [0.15, 0.2) is 18.5 Å². The number of nitrogens with one attached hydrogen (secondary N) is 1. The topological polar surface area (TPSA) is 114 Å². The first-order valence-electron chi connectivity index (χ1n) is 11.2. The summed E-state index contributed by atoms with van der Waals surface area (Å²) < 4.78 is 40.0. The van der Waals surface area contributed by atoms with Gasteiger partial charge in [0.15, 0.2) is 0 Å². The molecule has 11 heteroatoms. The SMILES string of the molecule is COC(=O)N1[C@H](C)C[C@H](NS(=O)(=O)N(C)C)[C@@H]1COC1CC2CC(C1)C2c1ncccn1. The van der Waals surface area contributed by atoms with Gasteiger partial charge in [-0.2, -0.15) is 17.4 Å². The maximum absolute atomic E-state index is 12.4. The quantitative estimate of drug-likeness (QED) is 0.644. The molecule has 0 aromatic carbocycles. The molecule has 3 aliphatic carbocycles. The first kappa shape index (κ1) is 23.3. The van der Waals surface area contributed by atoms with Crippen LogP contribution in [0.3, 0.4) is 0 Å². The second-order valence-corrected chi connectivity index (χ2v) is 11.3. The van der Waals surface area contributed by atoms with Gasteiger partial charge in [0.05, 0.1) is 25.9 Å². The van der Waals surface area contributed by atoms with Crippen molar-refractivity contribution in [3.8, 4) is 0 Å². The lowest BCUT2D eigenvalue weighted by Crippen LogP contribution is -2.53. The molecule has 4 fully saturated rings. The van der Waals surface area contributed by atoms with E-state index in [1.165, 1.54) is 27.6 Å². The van der Waals surface area contributed by atoms with Crippen molar-refractivity contribution in [1.82, 2.24) is 23.9 Å². The maximum atomic E-state index is 12.4. The van der Waals surface area contributed by atoms with Crippen LogP contribution < -0.4 is 4.72 Å². The summed E-state index contributed by atoms with van der Waals surface area (Å²) in [6.07, 6.45) is 6.72. The van der Waals surface area contributed by atoms with Crippen molar-refractivity contribution in [3.63, 3.8) is 0 Å². The summed E-state index contributed by atoms with van der Waals surface area (Å²) in [5.74, 6) is 2.33. The van der Waals surface area contributed by atoms with Gasteiger partial charge in [0.1, 0.15) is 5.82 Å². The Hall–Kier alpha value is -1.82. The number of likely N-dealkylation sites (tertiary alicyclic amines) is 1. The highest BCUT2D eigenvalue weighted by molar-refractivity contribution is 7.87. The number of carbonyl (C=O) groups excluding carboxylic acids is 1. The Morgan fingerprint density at radius 3 is 2.44 bits per heavy atom. The molecular weight excluding hydrogens is 434 g/mol. The van der Waals surface area contributed by atoms with Crippen molar-refractivity contribution in [3.05, 3.63) is 24.3 Å². The van der Waals surface area contributed by atoms with Crippen LogP contribution in [0.4, 0.5) is 4.79 Å². The van der Waals surface area contributed by atoms with E-state index in [-0.39, 0.29) is 18.8 Å². The van der Waals surface area contributed by atoms with Gasteiger partial charge in [-0.3, -0.25) is 4.90 Å². The Morgan fingerprint density at radius 2 is 1.84 bits per heavy atom. The van der Waals surface area contributed by atoms with Crippen molar-refractivity contribution in [2.45, 2.75) is 62.8 Å². The number of carbonyl (C=O) groups is 1. The van der Waals surface area contributed by atoms with E-state index >= 15 is 0 Å². The number of amides is 1. The van der Waals surface area contributed by atoms with Crippen molar-refractivity contribution < 1.29 is 22.7 Å². The molecule has 1 N–H and O–H groups in total. The largest absolute Gasteiger partial charge is 0.453 e. The molecule has 1 aromatic heterocycles. The fourth-order valence-corrected chi connectivity index (χ4v) is 6.45. The number of aromatic nitrogens is 2. The third kappa shape index (κ3) is 4.48. The second-order valence-electron chi connectivity index (χ2n) is 9.36. The number of rotatable bonds is 7. The highest BCUT2D eigenvalue weighted by Crippen LogP contribution is 2.55. The Balaban J connectivity index is 1.41. The Bertz CT molecular complexity index is 902. The second kappa shape index (κ2) is 9.20. The Morgan fingerprint density at radius 1 is 1.19 bits per heavy atom. The third-order valence-corrected chi connectivity index (χ3v) is 8.76. The summed E-state index contributed by atoms with van der Waals surface area (Å²) in [5.41, 5.74) is 0. The molecule has 0 spiro atoms. The first-order chi connectivity index (χ1) is 15.2. The molecule has 3 saturated carbocycles. The molecule has 1 aliphatic heterocycles. The summed E-state index contributed by atoms with van der Waals surface area (Å²) in [7, 11) is 0.652. The zero-order valence-electron chi connectivity index (χ0n) is 19.0. The minimum atomic E-state index is -3.64. The molecule has 4 aliphatic rings. The molecule has 178 valence electrons. The minimum Gasteiger partial charge on any atom is -0.453 e. The summed E-state index contributed by atoms with van der Waals surface area (Å²) >= 11 is 0. The average Bonchev–Trinajstić information content (AvgIpc) is 3.06. The molecule has 10 nitrogen and oxygen atoms in total. The highest BCUT2D eigenvalue weighted by Gasteiger charge is 2.50. The van der Waals surface area contributed by atoms with E-state index < -0.39 is 28.4 Å². The Kier molecular flexibility index (Phi) is 6.71. The summed E-state index contributed by atoms with van der Waals surface area (Å²) in [6.45, 7) is 2.16. The maximum Gasteiger partial charge on any atom is 0.410 e. The van der Waals surface area contributed by atoms with Gasteiger partial charge < -0.3 is 9.47 Å². The molecule has 2 bridgehead atoms. The van der Waals surface area contributed by atoms with Gasteiger partial charge in [0.2, 0.25) is 0 Å². The van der Waals surface area contributed by atoms with Crippen LogP contribution in [0, 0.1) is 11.8 Å². The molecule has 2 heterocycles. The lowest BCUT2D eigenvalue weighted by atomic mass is 9.56. The predicted molar refractivity (Wildman–Crippen MR) is 117 cm³/mol. The number of methoxy groups -OCH3 is 1. The minimum absolute atomic E-state index is 0.0835. The number of fused-ring (bicyclic) bond motifs is 2. The zero-order chi connectivity index (χ0) is 23.0. The van der Waals surface area contributed by atoms with E-state index in [2.05, 4.69) is 14.7 Å². The fourth-order valence-electron chi connectivity index (χ4n) is 5.60. The molecule has 0 radical (unpaired) electrons. The third-order valence-electron chi connectivity index (χ3n) is 7.20. The van der Waals surface area contributed by atoms with E-state index in [1.807, 2.05) is 13.0 Å². The Labute approximate surface area is 189 Å². The normalized spacial score (nSPS) is 34.4. The van der Waals surface area contributed by atoms with Gasteiger partial charge in [-0.15, -0.1) is 0 Å². The number of nitrogens with zero attached hydrogens (tertiary/aromatic N) is 4. The van der Waals surface area contributed by atoms with Crippen molar-refractivity contribution in [2.24, 2.45) is 11.8 Å². The van der Waals surface area contributed by atoms with Gasteiger partial charge in [-0.05, 0) is 50.5 Å². The van der Waals surface area contributed by atoms with E-state index in [0.29, 0.717) is 24.2 Å². The summed E-state index contributed by atoms with van der Waals surface area (Å²) in [4.78, 5) is 22.9. The molecule has 32 heavy (non-hydrogen) atoms. The van der Waals surface area contributed by atoms with Gasteiger partial charge in [-0.1, -0.05) is 0 Å². The average molecular weight is 468 g/mol. The lowest BCUT2D eigenvalue weighted by Gasteiger charge is -2.51. The van der Waals surface area contributed by atoms with E-state index in [9.17, 15) is 13.2 Å². The number of hydrogen-bond donors (Lipinski definition) is 1. The smallest absolute Gasteiger partial charge is 0.410 e. The van der Waals surface area contributed by atoms with Gasteiger partial charge in [0, 0.05) is 44.5 Å². The fraction of sp³-hybridized carbons (Fsp3) is 0.762. The molecule has 1 saturated heterocycles. The van der Waals surface area contributed by atoms with Crippen LogP contribution in [0.1, 0.15) is 44.3 Å². The van der Waals surface area contributed by atoms with Crippen molar-refractivity contribution in [1.29, 1.82) is 0 Å². The van der Waals surface area contributed by atoms with Crippen molar-refractivity contribution >= 4 is 16.3 Å². The standard InChI is InChI=1S/C21H33N5O5S/c1-13-8-17(24-32(28,29)25(2)3)18(26(13)21(27)30-4)12-31-16-10-14-9-15(11-16)19(14)20-22-6-5-7-23-20/h5-7,13-19,24H,8-12H2,1-4H3/t13-,14?,15?,16?,17+,18+,19?/m1/s1. The molecule has 5 atom stereocenters. The van der Waals surface area contributed by atoms with E-state index in [0.717, 1.165) is 23.0 Å². The lowest BCUT2D eigenvalue weighted by molar-refractivity contribution is -0.0780. The van der Waals surface area contributed by atoms with Gasteiger partial charge in [0.25, 0.3) is 10.2 Å². The summed E-state index contributed by atoms with van der Waals surface area (Å²) in [6, 6.07) is 0.796. The molecule has 2 unspecified atom stereocenters. The van der Waals surface area contributed by atoms with Gasteiger partial charge >= 0.3 is 6.09 Å². The first-order valence-corrected chi connectivity index (χ1v) is 12.6. The summed E-state index contributed by atoms with van der Waals surface area (Å²) in [5, 5.41) is 0. The number of hydrogen-bond acceptors (Lipinski definition) is 7. The van der Waals surface area contributed by atoms with Crippen LogP contribution in [0.25, 0.3) is 0 Å². The molecule has 1 aromatic rings. The number of ether oxygens (including phenoxy) is 2. The van der Waals surface area contributed by atoms with Crippen LogP contribution >= 0.6 is 0 Å². The van der Waals surface area contributed by atoms with E-state index in [4.69, 9.17) is 9.47 Å². The van der Waals surface area contributed by atoms with Crippen LogP contribution in [0.5, 0.6) is 0 Å².